The quantitative estimate of drug-likeness (QED) is 0.518. The van der Waals surface area contributed by atoms with Gasteiger partial charge in [-0.15, -0.1) is 0 Å². The van der Waals surface area contributed by atoms with Gasteiger partial charge in [-0.3, -0.25) is 14.5 Å². The highest BCUT2D eigenvalue weighted by molar-refractivity contribution is 7.89. The first-order valence-electron chi connectivity index (χ1n) is 11.3. The van der Waals surface area contributed by atoms with Gasteiger partial charge >= 0.3 is 6.03 Å². The summed E-state index contributed by atoms with van der Waals surface area (Å²) in [5.41, 5.74) is -0.847. The number of amides is 4. The van der Waals surface area contributed by atoms with Crippen LogP contribution < -0.4 is 15.4 Å². The van der Waals surface area contributed by atoms with Crippen LogP contribution in [-0.2, 0) is 24.3 Å². The second kappa shape index (κ2) is 9.16. The largest absolute Gasteiger partial charge is 0.489 e. The Balaban J connectivity index is 1.54. The van der Waals surface area contributed by atoms with Crippen LogP contribution in [0.15, 0.2) is 23.1 Å². The fraction of sp³-hybridized carbons (Fsp3) is 0.591. The summed E-state index contributed by atoms with van der Waals surface area (Å²) in [6.07, 6.45) is 1.47. The van der Waals surface area contributed by atoms with Crippen LogP contribution in [0.25, 0.3) is 0 Å². The van der Waals surface area contributed by atoms with Crippen molar-refractivity contribution in [2.45, 2.75) is 50.2 Å². The van der Waals surface area contributed by atoms with Crippen molar-refractivity contribution < 1.29 is 32.3 Å². The molecule has 1 aromatic carbocycles. The minimum Gasteiger partial charge on any atom is -0.489 e. The van der Waals surface area contributed by atoms with Crippen molar-refractivity contribution in [1.29, 1.82) is 0 Å². The summed E-state index contributed by atoms with van der Waals surface area (Å²) < 4.78 is 38.5. The van der Waals surface area contributed by atoms with E-state index >= 15 is 0 Å². The Morgan fingerprint density at radius 2 is 1.94 bits per heavy atom. The van der Waals surface area contributed by atoms with E-state index in [0.717, 1.165) is 17.7 Å². The smallest absolute Gasteiger partial charge is 0.325 e. The maximum atomic E-state index is 13.1. The van der Waals surface area contributed by atoms with Crippen molar-refractivity contribution in [3.63, 3.8) is 0 Å². The average Bonchev–Trinajstić information content (AvgIpc) is 3.61. The molecule has 1 aromatic rings. The normalized spacial score (nSPS) is 23.8. The predicted octanol–water partition coefficient (Wildman–Crippen LogP) is 1.15. The molecule has 1 atom stereocenters. The Morgan fingerprint density at radius 3 is 2.56 bits per heavy atom. The molecule has 2 aliphatic heterocycles. The summed E-state index contributed by atoms with van der Waals surface area (Å²) in [6, 6.07) is 3.63. The summed E-state index contributed by atoms with van der Waals surface area (Å²) >= 11 is 0. The van der Waals surface area contributed by atoms with Gasteiger partial charge in [0.25, 0.3) is 5.91 Å². The third kappa shape index (κ3) is 4.75. The summed E-state index contributed by atoms with van der Waals surface area (Å²) in [4.78, 5) is 38.9. The number of carbonyl (C=O) groups excluding carboxylic acids is 3. The molecule has 12 heteroatoms. The van der Waals surface area contributed by atoms with Crippen molar-refractivity contribution in [2.24, 2.45) is 5.92 Å². The SMILES string of the molecule is CC(C)Oc1ccc(S(=O)(=O)N2CCOCC2)cc1NC(=O)CN1C(=O)NC(C)(C2CC2)C1=O. The summed E-state index contributed by atoms with van der Waals surface area (Å²) in [7, 11) is -3.81. The standard InChI is InChI=1S/C22H30N4O7S/c1-14(2)33-18-7-6-16(34(30,31)25-8-10-32-11-9-25)12-17(18)23-19(27)13-26-20(28)22(3,15-4-5-15)24-21(26)29/h6-7,12,14-15H,4-5,8-11,13H2,1-3H3,(H,23,27)(H,24,29). The van der Waals surface area contributed by atoms with Gasteiger partial charge in [0.1, 0.15) is 17.8 Å². The van der Waals surface area contributed by atoms with E-state index in [9.17, 15) is 22.8 Å². The van der Waals surface area contributed by atoms with Gasteiger partial charge in [0.05, 0.1) is 29.9 Å². The fourth-order valence-electron chi connectivity index (χ4n) is 4.19. The van der Waals surface area contributed by atoms with E-state index in [-0.39, 0.29) is 41.4 Å². The van der Waals surface area contributed by atoms with Crippen LogP contribution in [0.2, 0.25) is 0 Å². The number of urea groups is 1. The van der Waals surface area contributed by atoms with Crippen molar-refractivity contribution in [2.75, 3.05) is 38.2 Å². The van der Waals surface area contributed by atoms with Crippen LogP contribution in [0.3, 0.4) is 0 Å². The average molecular weight is 495 g/mol. The molecular formula is C22H30N4O7S. The number of hydrogen-bond donors (Lipinski definition) is 2. The minimum absolute atomic E-state index is 0.00268. The molecule has 1 saturated carbocycles. The van der Waals surface area contributed by atoms with Crippen LogP contribution in [-0.4, -0.2) is 80.0 Å². The van der Waals surface area contributed by atoms with E-state index in [1.165, 1.54) is 22.5 Å². The molecule has 2 saturated heterocycles. The molecule has 4 rings (SSSR count). The molecule has 1 aliphatic carbocycles. The van der Waals surface area contributed by atoms with Crippen molar-refractivity contribution in [3.05, 3.63) is 18.2 Å². The van der Waals surface area contributed by atoms with Gasteiger partial charge in [-0.05, 0) is 57.7 Å². The lowest BCUT2D eigenvalue weighted by Gasteiger charge is -2.26. The minimum atomic E-state index is -3.81. The maximum absolute atomic E-state index is 13.1. The lowest BCUT2D eigenvalue weighted by molar-refractivity contribution is -0.134. The third-order valence-electron chi connectivity index (χ3n) is 6.19. The Kier molecular flexibility index (Phi) is 6.58. The van der Waals surface area contributed by atoms with Gasteiger partial charge in [-0.1, -0.05) is 0 Å². The van der Waals surface area contributed by atoms with E-state index in [0.29, 0.717) is 13.2 Å². The number of imide groups is 1. The number of morpholine rings is 1. The third-order valence-corrected chi connectivity index (χ3v) is 8.09. The number of carbonyl (C=O) groups is 3. The number of nitrogens with one attached hydrogen (secondary N) is 2. The van der Waals surface area contributed by atoms with Gasteiger partial charge in [0.15, 0.2) is 0 Å². The number of ether oxygens (including phenoxy) is 2. The highest BCUT2D eigenvalue weighted by Crippen LogP contribution is 2.42. The monoisotopic (exact) mass is 494 g/mol. The molecule has 3 aliphatic rings. The zero-order valence-electron chi connectivity index (χ0n) is 19.5. The fourth-order valence-corrected chi connectivity index (χ4v) is 5.62. The zero-order valence-corrected chi connectivity index (χ0v) is 20.3. The van der Waals surface area contributed by atoms with Crippen LogP contribution in [0.1, 0.15) is 33.6 Å². The number of nitrogens with zero attached hydrogens (tertiary/aromatic N) is 2. The van der Waals surface area contributed by atoms with Crippen LogP contribution in [0.5, 0.6) is 5.75 Å². The number of sulfonamides is 1. The second-order valence-electron chi connectivity index (χ2n) is 9.19. The summed E-state index contributed by atoms with van der Waals surface area (Å²) in [6.45, 7) is 5.88. The van der Waals surface area contributed by atoms with Gasteiger partial charge < -0.3 is 20.1 Å². The van der Waals surface area contributed by atoms with E-state index in [2.05, 4.69) is 10.6 Å². The highest BCUT2D eigenvalue weighted by Gasteiger charge is 2.56. The number of benzene rings is 1. The van der Waals surface area contributed by atoms with Gasteiger partial charge in [0, 0.05) is 13.1 Å². The molecule has 0 aromatic heterocycles. The molecule has 4 amide bonds. The van der Waals surface area contributed by atoms with E-state index in [1.54, 1.807) is 20.8 Å². The Labute approximate surface area is 198 Å². The predicted molar refractivity (Wildman–Crippen MR) is 122 cm³/mol. The van der Waals surface area contributed by atoms with Gasteiger partial charge in [-0.25, -0.2) is 13.2 Å². The molecule has 0 spiro atoms. The van der Waals surface area contributed by atoms with E-state index in [1.807, 2.05) is 0 Å². The van der Waals surface area contributed by atoms with Crippen LogP contribution in [0.4, 0.5) is 10.5 Å². The Hall–Kier alpha value is -2.70. The first-order valence-corrected chi connectivity index (χ1v) is 12.8. The number of rotatable bonds is 8. The first-order chi connectivity index (χ1) is 16.0. The van der Waals surface area contributed by atoms with E-state index in [4.69, 9.17) is 9.47 Å². The molecule has 34 heavy (non-hydrogen) atoms. The molecule has 186 valence electrons. The number of hydrogen-bond acceptors (Lipinski definition) is 7. The topological polar surface area (TPSA) is 134 Å². The lowest BCUT2D eigenvalue weighted by Crippen LogP contribution is -2.46. The summed E-state index contributed by atoms with van der Waals surface area (Å²) in [5, 5.41) is 5.33. The van der Waals surface area contributed by atoms with Gasteiger partial charge in [0.2, 0.25) is 15.9 Å². The molecule has 1 unspecified atom stereocenters. The maximum Gasteiger partial charge on any atom is 0.325 e. The first kappa shape index (κ1) is 24.4. The Bertz CT molecular complexity index is 1100. The van der Waals surface area contributed by atoms with Crippen molar-refractivity contribution >= 4 is 33.6 Å². The molecule has 0 bridgehead atoms. The second-order valence-corrected chi connectivity index (χ2v) is 11.1. The van der Waals surface area contributed by atoms with Crippen molar-refractivity contribution in [1.82, 2.24) is 14.5 Å². The van der Waals surface area contributed by atoms with E-state index < -0.39 is 40.0 Å². The van der Waals surface area contributed by atoms with Crippen molar-refractivity contribution in [3.8, 4) is 5.75 Å². The Morgan fingerprint density at radius 1 is 1.26 bits per heavy atom. The molecule has 0 radical (unpaired) electrons. The molecular weight excluding hydrogens is 464 g/mol. The highest BCUT2D eigenvalue weighted by atomic mass is 32.2. The molecule has 2 N–H and O–H groups in total. The molecule has 11 nitrogen and oxygen atoms in total. The van der Waals surface area contributed by atoms with Crippen LogP contribution in [0, 0.1) is 5.92 Å². The molecule has 2 heterocycles. The zero-order chi connectivity index (χ0) is 24.7. The number of anilines is 1. The lowest BCUT2D eigenvalue weighted by atomic mass is 9.96. The van der Waals surface area contributed by atoms with Gasteiger partial charge in [-0.2, -0.15) is 4.31 Å². The molecule has 3 fully saturated rings. The van der Waals surface area contributed by atoms with Crippen LogP contribution >= 0.6 is 0 Å². The summed E-state index contributed by atoms with van der Waals surface area (Å²) in [5.74, 6) is -0.718.